The number of urea groups is 1. The predicted molar refractivity (Wildman–Crippen MR) is 160 cm³/mol. The molecule has 1 atom stereocenters. The van der Waals surface area contributed by atoms with E-state index in [4.69, 9.17) is 11.6 Å². The molecule has 3 fully saturated rings. The van der Waals surface area contributed by atoms with Gasteiger partial charge in [0.1, 0.15) is 0 Å². The number of hydrogen-bond donors (Lipinski definition) is 2. The van der Waals surface area contributed by atoms with Crippen LogP contribution in [-0.2, 0) is 16.0 Å². The summed E-state index contributed by atoms with van der Waals surface area (Å²) in [6, 6.07) is 6.65. The minimum absolute atomic E-state index is 0.0101. The van der Waals surface area contributed by atoms with Gasteiger partial charge in [0.25, 0.3) is 0 Å². The fourth-order valence-corrected chi connectivity index (χ4v) is 6.94. The number of piperidine rings is 1. The Labute approximate surface area is 257 Å². The Morgan fingerprint density at radius 1 is 0.884 bits per heavy atom. The van der Waals surface area contributed by atoms with E-state index in [1.54, 1.807) is 31.1 Å². The van der Waals surface area contributed by atoms with Gasteiger partial charge in [-0.1, -0.05) is 43.0 Å². The zero-order chi connectivity index (χ0) is 31.1. The van der Waals surface area contributed by atoms with Crippen LogP contribution < -0.4 is 10.6 Å². The van der Waals surface area contributed by atoms with E-state index < -0.39 is 24.2 Å². The van der Waals surface area contributed by atoms with E-state index in [0.29, 0.717) is 50.2 Å². The second-order valence-electron chi connectivity index (χ2n) is 12.5. The van der Waals surface area contributed by atoms with Crippen LogP contribution >= 0.6 is 11.6 Å². The number of benzene rings is 1. The maximum Gasteiger partial charge on any atom is 0.471 e. The van der Waals surface area contributed by atoms with E-state index in [-0.39, 0.29) is 30.1 Å². The molecule has 0 unspecified atom stereocenters. The Morgan fingerprint density at radius 2 is 1.44 bits per heavy atom. The van der Waals surface area contributed by atoms with E-state index in [1.165, 1.54) is 6.42 Å². The smallest absolute Gasteiger partial charge is 0.346 e. The molecule has 4 amide bonds. The number of halogens is 4. The molecule has 0 radical (unpaired) electrons. The number of amides is 4. The molecule has 1 aromatic carbocycles. The molecule has 2 N–H and O–H groups in total. The monoisotopic (exact) mass is 627 g/mol. The molecule has 1 aromatic rings. The summed E-state index contributed by atoms with van der Waals surface area (Å²) in [5, 5.41) is 6.21. The van der Waals surface area contributed by atoms with Crippen molar-refractivity contribution in [1.82, 2.24) is 25.3 Å². The quantitative estimate of drug-likeness (QED) is 0.418. The van der Waals surface area contributed by atoms with Crippen LogP contribution in [0.5, 0.6) is 0 Å². The number of likely N-dealkylation sites (tertiary alicyclic amines) is 1. The molecule has 3 aliphatic rings. The van der Waals surface area contributed by atoms with Crippen LogP contribution in [0.1, 0.15) is 76.2 Å². The molecule has 1 aliphatic heterocycles. The Bertz CT molecular complexity index is 1080. The third-order valence-electron chi connectivity index (χ3n) is 9.15. The molecular formula is C31H45ClF3N5O3. The SMILES string of the molecule is CN(C)C(=O)N(C1CCCCC1)C1CCN(C(=O)[C@@H](Cc2ccc(Cl)cc2)N[C@H]2CC[C@@H](NC(=O)C(F)(F)F)CC2)CC1. The number of nitrogens with zero attached hydrogens (tertiary/aromatic N) is 3. The molecule has 0 aromatic heterocycles. The molecule has 4 rings (SSSR count). The highest BCUT2D eigenvalue weighted by Crippen LogP contribution is 2.29. The van der Waals surface area contributed by atoms with Gasteiger partial charge in [0.15, 0.2) is 0 Å². The molecule has 2 aliphatic carbocycles. The van der Waals surface area contributed by atoms with E-state index >= 15 is 0 Å². The normalized spacial score (nSPS) is 23.0. The zero-order valence-corrected chi connectivity index (χ0v) is 25.9. The van der Waals surface area contributed by atoms with E-state index in [1.807, 2.05) is 17.0 Å². The van der Waals surface area contributed by atoms with Crippen molar-refractivity contribution >= 4 is 29.4 Å². The van der Waals surface area contributed by atoms with Gasteiger partial charge in [0.2, 0.25) is 5.91 Å². The van der Waals surface area contributed by atoms with Gasteiger partial charge in [-0.15, -0.1) is 0 Å². The predicted octanol–water partition coefficient (Wildman–Crippen LogP) is 5.14. The summed E-state index contributed by atoms with van der Waals surface area (Å²) in [6.07, 6.45) is 4.44. The number of nitrogens with one attached hydrogen (secondary N) is 2. The number of hydrogen-bond acceptors (Lipinski definition) is 4. The van der Waals surface area contributed by atoms with Crippen molar-refractivity contribution in [3.05, 3.63) is 34.9 Å². The summed E-state index contributed by atoms with van der Waals surface area (Å²) in [7, 11) is 3.59. The van der Waals surface area contributed by atoms with E-state index in [2.05, 4.69) is 15.5 Å². The highest BCUT2D eigenvalue weighted by Gasteiger charge is 2.41. The van der Waals surface area contributed by atoms with Crippen LogP contribution in [0.25, 0.3) is 0 Å². The van der Waals surface area contributed by atoms with Gasteiger partial charge in [-0.25, -0.2) is 4.79 Å². The molecule has 2 saturated carbocycles. The summed E-state index contributed by atoms with van der Waals surface area (Å²) in [5.41, 5.74) is 0.955. The fraction of sp³-hybridized carbons (Fsp3) is 0.710. The average molecular weight is 628 g/mol. The van der Waals surface area contributed by atoms with Crippen molar-refractivity contribution in [2.24, 2.45) is 0 Å². The number of rotatable bonds is 8. The van der Waals surface area contributed by atoms with E-state index in [9.17, 15) is 27.6 Å². The number of carbonyl (C=O) groups excluding carboxylic acids is 3. The van der Waals surface area contributed by atoms with Gasteiger partial charge in [0, 0.05) is 56.4 Å². The molecular weight excluding hydrogens is 583 g/mol. The summed E-state index contributed by atoms with van der Waals surface area (Å²) in [6.45, 7) is 1.12. The van der Waals surface area contributed by atoms with Gasteiger partial charge in [-0.2, -0.15) is 13.2 Å². The van der Waals surface area contributed by atoms with Gasteiger partial charge >= 0.3 is 18.1 Å². The van der Waals surface area contributed by atoms with E-state index in [0.717, 1.165) is 44.1 Å². The first-order chi connectivity index (χ1) is 20.4. The lowest BCUT2D eigenvalue weighted by molar-refractivity contribution is -0.174. The van der Waals surface area contributed by atoms with Gasteiger partial charge < -0.3 is 25.3 Å². The van der Waals surface area contributed by atoms with Crippen LogP contribution in [0.2, 0.25) is 5.02 Å². The maximum atomic E-state index is 14.0. The minimum Gasteiger partial charge on any atom is -0.346 e. The molecule has 0 spiro atoms. The van der Waals surface area contributed by atoms with Crippen molar-refractivity contribution in [3.63, 3.8) is 0 Å². The minimum atomic E-state index is -4.90. The Balaban J connectivity index is 1.39. The number of carbonyl (C=O) groups is 3. The molecule has 0 bridgehead atoms. The third kappa shape index (κ3) is 9.23. The third-order valence-corrected chi connectivity index (χ3v) is 9.40. The lowest BCUT2D eigenvalue weighted by Crippen LogP contribution is -2.58. The second kappa shape index (κ2) is 15.0. The number of alkyl halides is 3. The van der Waals surface area contributed by atoms with Crippen molar-refractivity contribution in [3.8, 4) is 0 Å². The van der Waals surface area contributed by atoms with Crippen molar-refractivity contribution in [2.75, 3.05) is 27.2 Å². The molecule has 1 saturated heterocycles. The van der Waals surface area contributed by atoms with Crippen LogP contribution in [-0.4, -0.2) is 96.1 Å². The molecule has 12 heteroatoms. The first-order valence-corrected chi connectivity index (χ1v) is 16.0. The Morgan fingerprint density at radius 3 is 2.00 bits per heavy atom. The highest BCUT2D eigenvalue weighted by atomic mass is 35.5. The second-order valence-corrected chi connectivity index (χ2v) is 12.9. The molecule has 1 heterocycles. The molecule has 43 heavy (non-hydrogen) atoms. The largest absolute Gasteiger partial charge is 0.471 e. The lowest BCUT2D eigenvalue weighted by Gasteiger charge is -2.45. The van der Waals surface area contributed by atoms with Gasteiger partial charge in [-0.3, -0.25) is 9.59 Å². The van der Waals surface area contributed by atoms with Crippen LogP contribution in [0.4, 0.5) is 18.0 Å². The van der Waals surface area contributed by atoms with Gasteiger partial charge in [0.05, 0.1) is 6.04 Å². The zero-order valence-electron chi connectivity index (χ0n) is 25.2. The molecule has 8 nitrogen and oxygen atoms in total. The maximum absolute atomic E-state index is 14.0. The van der Waals surface area contributed by atoms with Crippen molar-refractivity contribution in [1.29, 1.82) is 0 Å². The van der Waals surface area contributed by atoms with Gasteiger partial charge in [-0.05, 0) is 75.5 Å². The summed E-state index contributed by atoms with van der Waals surface area (Å²) >= 11 is 6.08. The summed E-state index contributed by atoms with van der Waals surface area (Å²) in [5.74, 6) is -1.92. The van der Waals surface area contributed by atoms with Crippen LogP contribution in [0.3, 0.4) is 0 Å². The highest BCUT2D eigenvalue weighted by molar-refractivity contribution is 6.30. The topological polar surface area (TPSA) is 85.0 Å². The average Bonchev–Trinajstić information content (AvgIpc) is 2.99. The Hall–Kier alpha value is -2.53. The van der Waals surface area contributed by atoms with Crippen LogP contribution in [0.15, 0.2) is 24.3 Å². The Kier molecular flexibility index (Phi) is 11.6. The van der Waals surface area contributed by atoms with Crippen molar-refractivity contribution in [2.45, 2.75) is 113 Å². The first kappa shape index (κ1) is 33.4. The molecule has 240 valence electrons. The summed E-state index contributed by atoms with van der Waals surface area (Å²) < 4.78 is 38.1. The lowest BCUT2D eigenvalue weighted by atomic mass is 9.89. The standard InChI is InChI=1S/C31H45ClF3N5O3/c1-38(2)30(43)40(25-6-4-3-5-7-25)26-16-18-39(19-17-26)28(41)27(20-21-8-10-22(32)11-9-21)36-23-12-14-24(15-13-23)37-29(42)31(33,34)35/h8-11,23-27,36H,3-7,12-20H2,1-2H3,(H,37,42)/t23-,24+,27-/m1/s1. The first-order valence-electron chi connectivity index (χ1n) is 15.6. The summed E-state index contributed by atoms with van der Waals surface area (Å²) in [4.78, 5) is 44.2. The fourth-order valence-electron chi connectivity index (χ4n) is 6.82. The van der Waals surface area contributed by atoms with Crippen molar-refractivity contribution < 1.29 is 27.6 Å². The van der Waals surface area contributed by atoms with Crippen LogP contribution in [0, 0.1) is 0 Å².